The van der Waals surface area contributed by atoms with E-state index in [0.717, 1.165) is 37.6 Å². The average Bonchev–Trinajstić information content (AvgIpc) is 2.62. The Morgan fingerprint density at radius 3 is 2.67 bits per heavy atom. The molecule has 2 N–H and O–H groups in total. The van der Waals surface area contributed by atoms with Crippen molar-refractivity contribution in [1.29, 1.82) is 0 Å². The Labute approximate surface area is 94.5 Å². The zero-order chi connectivity index (χ0) is 10.8. The third-order valence-corrected chi connectivity index (χ3v) is 3.07. The van der Waals surface area contributed by atoms with Gasteiger partial charge in [-0.05, 0) is 19.8 Å². The van der Waals surface area contributed by atoms with Gasteiger partial charge in [-0.2, -0.15) is 0 Å². The second-order valence-electron chi connectivity index (χ2n) is 4.04. The van der Waals surface area contributed by atoms with Crippen LogP contribution in [0.1, 0.15) is 43.2 Å². The number of hydrogen-bond donors (Lipinski definition) is 1. The molecule has 0 bridgehead atoms. The lowest BCUT2D eigenvalue weighted by atomic mass is 9.98. The maximum Gasteiger partial charge on any atom is 0.126 e. The molecule has 1 fully saturated rings. The first kappa shape index (κ1) is 11.0. The second kappa shape index (κ2) is 4.56. The number of halogens is 1. The van der Waals surface area contributed by atoms with E-state index in [1.165, 1.54) is 0 Å². The van der Waals surface area contributed by atoms with Gasteiger partial charge in [-0.15, -0.1) is 0 Å². The molecule has 1 saturated heterocycles. The standard InChI is InChI=1S/C11H16ClNO2/c1-7(13)10-6-9(12)11(15-10)8-2-4-14-5-3-8/h6-8H,2-5,13H2,1H3. The lowest BCUT2D eigenvalue weighted by Crippen LogP contribution is -2.13. The fourth-order valence-electron chi connectivity index (χ4n) is 1.86. The molecular formula is C11H16ClNO2. The fraction of sp³-hybridized carbons (Fsp3) is 0.636. The van der Waals surface area contributed by atoms with E-state index in [1.807, 2.05) is 13.0 Å². The highest BCUT2D eigenvalue weighted by Crippen LogP contribution is 2.35. The summed E-state index contributed by atoms with van der Waals surface area (Å²) in [5, 5.41) is 0.703. The van der Waals surface area contributed by atoms with Crippen LogP contribution in [0.25, 0.3) is 0 Å². The molecule has 1 aliphatic heterocycles. The zero-order valence-corrected chi connectivity index (χ0v) is 9.59. The molecule has 1 atom stereocenters. The quantitative estimate of drug-likeness (QED) is 0.849. The molecule has 0 radical (unpaired) electrons. The van der Waals surface area contributed by atoms with Gasteiger partial charge in [0.05, 0.1) is 11.1 Å². The predicted octanol–water partition coefficient (Wildman–Crippen LogP) is 2.85. The molecular weight excluding hydrogens is 214 g/mol. The van der Waals surface area contributed by atoms with Gasteiger partial charge in [0.2, 0.25) is 0 Å². The van der Waals surface area contributed by atoms with Crippen LogP contribution in [0.2, 0.25) is 5.02 Å². The molecule has 0 spiro atoms. The van der Waals surface area contributed by atoms with Crippen molar-refractivity contribution in [2.45, 2.75) is 31.7 Å². The van der Waals surface area contributed by atoms with E-state index in [1.54, 1.807) is 0 Å². The number of rotatable bonds is 2. The summed E-state index contributed by atoms with van der Waals surface area (Å²) < 4.78 is 11.0. The van der Waals surface area contributed by atoms with Gasteiger partial charge in [-0.25, -0.2) is 0 Å². The van der Waals surface area contributed by atoms with Gasteiger partial charge in [0, 0.05) is 25.2 Å². The second-order valence-corrected chi connectivity index (χ2v) is 4.44. The first-order valence-corrected chi connectivity index (χ1v) is 5.68. The van der Waals surface area contributed by atoms with Crippen molar-refractivity contribution in [1.82, 2.24) is 0 Å². The Hall–Kier alpha value is -0.510. The molecule has 1 aromatic heterocycles. The Morgan fingerprint density at radius 2 is 2.13 bits per heavy atom. The lowest BCUT2D eigenvalue weighted by molar-refractivity contribution is 0.0803. The Bertz CT molecular complexity index is 329. The van der Waals surface area contributed by atoms with Gasteiger partial charge >= 0.3 is 0 Å². The van der Waals surface area contributed by atoms with Crippen LogP contribution < -0.4 is 5.73 Å². The van der Waals surface area contributed by atoms with Crippen molar-refractivity contribution in [2.75, 3.05) is 13.2 Å². The maximum atomic E-state index is 6.13. The third-order valence-electron chi connectivity index (χ3n) is 2.77. The zero-order valence-electron chi connectivity index (χ0n) is 8.83. The topological polar surface area (TPSA) is 48.4 Å². The fourth-order valence-corrected chi connectivity index (χ4v) is 2.16. The van der Waals surface area contributed by atoms with Crippen LogP contribution in [0.15, 0.2) is 10.5 Å². The number of nitrogens with two attached hydrogens (primary N) is 1. The summed E-state index contributed by atoms with van der Waals surface area (Å²) in [5.74, 6) is 2.03. The lowest BCUT2D eigenvalue weighted by Gasteiger charge is -2.20. The van der Waals surface area contributed by atoms with E-state index in [-0.39, 0.29) is 6.04 Å². The van der Waals surface area contributed by atoms with Gasteiger partial charge in [0.15, 0.2) is 0 Å². The summed E-state index contributed by atoms with van der Waals surface area (Å²) in [6.07, 6.45) is 1.96. The molecule has 2 heterocycles. The minimum atomic E-state index is -0.101. The minimum absolute atomic E-state index is 0.101. The summed E-state index contributed by atoms with van der Waals surface area (Å²) in [7, 11) is 0. The summed E-state index contributed by atoms with van der Waals surface area (Å²) in [5.41, 5.74) is 5.75. The van der Waals surface area contributed by atoms with Crippen molar-refractivity contribution in [2.24, 2.45) is 5.73 Å². The van der Waals surface area contributed by atoms with Crippen molar-refractivity contribution in [3.63, 3.8) is 0 Å². The number of furan rings is 1. The SMILES string of the molecule is CC(N)c1cc(Cl)c(C2CCOCC2)o1. The van der Waals surface area contributed by atoms with Crippen LogP contribution in [0.5, 0.6) is 0 Å². The molecule has 2 rings (SSSR count). The van der Waals surface area contributed by atoms with Crippen LogP contribution in [0.4, 0.5) is 0 Å². The van der Waals surface area contributed by atoms with E-state index in [9.17, 15) is 0 Å². The molecule has 0 aliphatic carbocycles. The van der Waals surface area contributed by atoms with Gasteiger partial charge in [-0.1, -0.05) is 11.6 Å². The van der Waals surface area contributed by atoms with Crippen LogP contribution >= 0.6 is 11.6 Å². The van der Waals surface area contributed by atoms with Crippen LogP contribution in [0, 0.1) is 0 Å². The molecule has 1 aromatic rings. The highest BCUT2D eigenvalue weighted by Gasteiger charge is 2.23. The third kappa shape index (κ3) is 2.36. The number of hydrogen-bond acceptors (Lipinski definition) is 3. The molecule has 4 heteroatoms. The Balaban J connectivity index is 2.19. The van der Waals surface area contributed by atoms with Gasteiger partial charge in [0.1, 0.15) is 11.5 Å². The molecule has 1 unspecified atom stereocenters. The van der Waals surface area contributed by atoms with Crippen LogP contribution in [-0.2, 0) is 4.74 Å². The van der Waals surface area contributed by atoms with Gasteiger partial charge in [0.25, 0.3) is 0 Å². The van der Waals surface area contributed by atoms with Crippen molar-refractivity contribution in [3.8, 4) is 0 Å². The summed E-state index contributed by atoms with van der Waals surface area (Å²) in [6.45, 7) is 3.47. The normalized spacial score (nSPS) is 20.5. The summed E-state index contributed by atoms with van der Waals surface area (Å²) >= 11 is 6.13. The molecule has 0 saturated carbocycles. The summed E-state index contributed by atoms with van der Waals surface area (Å²) in [6, 6.07) is 1.73. The van der Waals surface area contributed by atoms with E-state index >= 15 is 0 Å². The predicted molar refractivity (Wildman–Crippen MR) is 59.1 cm³/mol. The van der Waals surface area contributed by atoms with Gasteiger partial charge < -0.3 is 14.9 Å². The summed E-state index contributed by atoms with van der Waals surface area (Å²) in [4.78, 5) is 0. The van der Waals surface area contributed by atoms with E-state index in [0.29, 0.717) is 10.9 Å². The average molecular weight is 230 g/mol. The molecule has 0 aromatic carbocycles. The molecule has 1 aliphatic rings. The van der Waals surface area contributed by atoms with E-state index in [2.05, 4.69) is 0 Å². The number of ether oxygens (including phenoxy) is 1. The first-order valence-electron chi connectivity index (χ1n) is 5.31. The minimum Gasteiger partial charge on any atom is -0.463 e. The molecule has 15 heavy (non-hydrogen) atoms. The smallest absolute Gasteiger partial charge is 0.126 e. The van der Waals surface area contributed by atoms with Crippen molar-refractivity contribution >= 4 is 11.6 Å². The molecule has 3 nitrogen and oxygen atoms in total. The molecule has 0 amide bonds. The van der Waals surface area contributed by atoms with Crippen LogP contribution in [-0.4, -0.2) is 13.2 Å². The van der Waals surface area contributed by atoms with Crippen molar-refractivity contribution in [3.05, 3.63) is 22.6 Å². The Morgan fingerprint density at radius 1 is 1.47 bits per heavy atom. The van der Waals surface area contributed by atoms with E-state index < -0.39 is 0 Å². The maximum absolute atomic E-state index is 6.13. The van der Waals surface area contributed by atoms with Crippen molar-refractivity contribution < 1.29 is 9.15 Å². The van der Waals surface area contributed by atoms with Gasteiger partial charge in [-0.3, -0.25) is 0 Å². The monoisotopic (exact) mass is 229 g/mol. The van der Waals surface area contributed by atoms with E-state index in [4.69, 9.17) is 26.5 Å². The Kier molecular flexibility index (Phi) is 3.34. The van der Waals surface area contributed by atoms with Crippen LogP contribution in [0.3, 0.4) is 0 Å². The highest BCUT2D eigenvalue weighted by atomic mass is 35.5. The molecule has 84 valence electrons. The highest BCUT2D eigenvalue weighted by molar-refractivity contribution is 6.31. The first-order chi connectivity index (χ1) is 7.18. The largest absolute Gasteiger partial charge is 0.463 e.